The van der Waals surface area contributed by atoms with Crippen molar-refractivity contribution >= 4 is 15.8 Å². The summed E-state index contributed by atoms with van der Waals surface area (Å²) in [5, 5.41) is 0. The van der Waals surface area contributed by atoms with Crippen LogP contribution in [0.2, 0.25) is 0 Å². The zero-order chi connectivity index (χ0) is 12.3. The van der Waals surface area contributed by atoms with Gasteiger partial charge in [0.2, 0.25) is 0 Å². The standard InChI is InChI=1S/C10H20O4S/c1-6-14-9(11)10(4,5)15(12,13)7-8(2)3/h8H,6-7H2,1-5H3. The molecular formula is C10H20O4S. The van der Waals surface area contributed by atoms with Crippen molar-refractivity contribution in [1.29, 1.82) is 0 Å². The Morgan fingerprint density at radius 3 is 2.13 bits per heavy atom. The molecule has 90 valence electrons. The Balaban J connectivity index is 4.93. The second-order valence-electron chi connectivity index (χ2n) is 4.41. The highest BCUT2D eigenvalue weighted by Crippen LogP contribution is 2.21. The molecule has 0 saturated carbocycles. The van der Waals surface area contributed by atoms with E-state index in [1.165, 1.54) is 13.8 Å². The summed E-state index contributed by atoms with van der Waals surface area (Å²) in [6.07, 6.45) is 0. The number of hydrogen-bond acceptors (Lipinski definition) is 4. The Morgan fingerprint density at radius 2 is 1.80 bits per heavy atom. The average molecular weight is 236 g/mol. The van der Waals surface area contributed by atoms with E-state index in [1.54, 1.807) is 20.8 Å². The molecule has 0 aliphatic carbocycles. The topological polar surface area (TPSA) is 60.4 Å². The highest BCUT2D eigenvalue weighted by atomic mass is 32.2. The Kier molecular flexibility index (Phi) is 4.77. The largest absolute Gasteiger partial charge is 0.465 e. The van der Waals surface area contributed by atoms with Gasteiger partial charge in [0.1, 0.15) is 0 Å². The van der Waals surface area contributed by atoms with Gasteiger partial charge in [-0.05, 0) is 26.7 Å². The molecule has 0 unspecified atom stereocenters. The third-order valence-electron chi connectivity index (χ3n) is 2.10. The summed E-state index contributed by atoms with van der Waals surface area (Å²) < 4.78 is 27.1. The van der Waals surface area contributed by atoms with Crippen LogP contribution in [0.15, 0.2) is 0 Å². The van der Waals surface area contributed by atoms with Gasteiger partial charge in [-0.15, -0.1) is 0 Å². The van der Waals surface area contributed by atoms with Gasteiger partial charge in [-0.3, -0.25) is 4.79 Å². The second-order valence-corrected chi connectivity index (χ2v) is 6.99. The maximum atomic E-state index is 11.9. The summed E-state index contributed by atoms with van der Waals surface area (Å²) >= 11 is 0. The SMILES string of the molecule is CCOC(=O)C(C)(C)S(=O)(=O)CC(C)C. The van der Waals surface area contributed by atoms with Gasteiger partial charge in [-0.25, -0.2) is 8.42 Å². The molecule has 0 aromatic heterocycles. The number of carbonyl (C=O) groups is 1. The van der Waals surface area contributed by atoms with Crippen molar-refractivity contribution in [3.63, 3.8) is 0 Å². The number of carbonyl (C=O) groups excluding carboxylic acids is 1. The fourth-order valence-corrected chi connectivity index (χ4v) is 2.69. The molecule has 0 aromatic rings. The summed E-state index contributed by atoms with van der Waals surface area (Å²) in [6.45, 7) is 8.24. The van der Waals surface area contributed by atoms with Crippen molar-refractivity contribution in [2.24, 2.45) is 5.92 Å². The smallest absolute Gasteiger partial charge is 0.326 e. The van der Waals surface area contributed by atoms with Crippen LogP contribution in [0, 0.1) is 5.92 Å². The van der Waals surface area contributed by atoms with Crippen LogP contribution in [0.5, 0.6) is 0 Å². The Hall–Kier alpha value is -0.580. The van der Waals surface area contributed by atoms with Crippen LogP contribution in [0.3, 0.4) is 0 Å². The van der Waals surface area contributed by atoms with E-state index in [4.69, 9.17) is 4.74 Å². The van der Waals surface area contributed by atoms with Gasteiger partial charge < -0.3 is 4.74 Å². The first-order valence-corrected chi connectivity index (χ1v) is 6.70. The van der Waals surface area contributed by atoms with Gasteiger partial charge in [0.05, 0.1) is 12.4 Å². The zero-order valence-electron chi connectivity index (χ0n) is 10.0. The summed E-state index contributed by atoms with van der Waals surface area (Å²) in [6, 6.07) is 0. The molecular weight excluding hydrogens is 216 g/mol. The van der Waals surface area contributed by atoms with E-state index in [9.17, 15) is 13.2 Å². The molecule has 0 bridgehead atoms. The minimum Gasteiger partial charge on any atom is -0.465 e. The molecule has 0 spiro atoms. The molecule has 0 aliphatic rings. The van der Waals surface area contributed by atoms with E-state index in [2.05, 4.69) is 0 Å². The first kappa shape index (κ1) is 14.4. The first-order chi connectivity index (χ1) is 6.65. The number of ether oxygens (including phenoxy) is 1. The van der Waals surface area contributed by atoms with Crippen molar-refractivity contribution < 1.29 is 17.9 Å². The fourth-order valence-electron chi connectivity index (χ4n) is 1.08. The van der Waals surface area contributed by atoms with Gasteiger partial charge in [0, 0.05) is 0 Å². The van der Waals surface area contributed by atoms with Gasteiger partial charge in [-0.1, -0.05) is 13.8 Å². The highest BCUT2D eigenvalue weighted by Gasteiger charge is 2.43. The maximum absolute atomic E-state index is 11.9. The number of hydrogen-bond donors (Lipinski definition) is 0. The van der Waals surface area contributed by atoms with Crippen molar-refractivity contribution in [3.8, 4) is 0 Å². The minimum absolute atomic E-state index is 0.00118. The molecule has 0 atom stereocenters. The highest BCUT2D eigenvalue weighted by molar-refractivity contribution is 7.93. The summed E-state index contributed by atoms with van der Waals surface area (Å²) in [5.74, 6) is -0.673. The molecule has 0 N–H and O–H groups in total. The van der Waals surface area contributed by atoms with Crippen LogP contribution in [0.4, 0.5) is 0 Å². The molecule has 0 radical (unpaired) electrons. The number of rotatable bonds is 5. The van der Waals surface area contributed by atoms with Crippen molar-refractivity contribution in [1.82, 2.24) is 0 Å². The van der Waals surface area contributed by atoms with Crippen molar-refractivity contribution in [2.45, 2.75) is 39.4 Å². The molecule has 0 fully saturated rings. The number of sulfone groups is 1. The molecule has 15 heavy (non-hydrogen) atoms. The molecule has 0 amide bonds. The van der Waals surface area contributed by atoms with E-state index in [1.807, 2.05) is 0 Å². The summed E-state index contributed by atoms with van der Waals surface area (Å²) in [4.78, 5) is 11.5. The lowest BCUT2D eigenvalue weighted by molar-refractivity contribution is -0.145. The zero-order valence-corrected chi connectivity index (χ0v) is 10.8. The molecule has 0 saturated heterocycles. The molecule has 0 heterocycles. The van der Waals surface area contributed by atoms with E-state index in [-0.39, 0.29) is 18.3 Å². The molecule has 0 aliphatic heterocycles. The molecule has 0 aromatic carbocycles. The van der Waals surface area contributed by atoms with Gasteiger partial charge in [0.15, 0.2) is 14.6 Å². The summed E-state index contributed by atoms with van der Waals surface area (Å²) in [5.41, 5.74) is 0. The number of esters is 1. The predicted molar refractivity (Wildman–Crippen MR) is 59.3 cm³/mol. The van der Waals surface area contributed by atoms with Crippen LogP contribution >= 0.6 is 0 Å². The van der Waals surface area contributed by atoms with Gasteiger partial charge in [0.25, 0.3) is 0 Å². The van der Waals surface area contributed by atoms with E-state index < -0.39 is 20.6 Å². The normalized spacial score (nSPS) is 12.9. The minimum atomic E-state index is -3.46. The second kappa shape index (κ2) is 4.96. The van der Waals surface area contributed by atoms with Crippen molar-refractivity contribution in [2.75, 3.05) is 12.4 Å². The average Bonchev–Trinajstić information content (AvgIpc) is 2.01. The predicted octanol–water partition coefficient (Wildman–Crippen LogP) is 1.40. The lowest BCUT2D eigenvalue weighted by atomic mass is 10.2. The van der Waals surface area contributed by atoms with Crippen LogP contribution in [-0.4, -0.2) is 31.5 Å². The quantitative estimate of drug-likeness (QED) is 0.677. The molecule has 4 nitrogen and oxygen atoms in total. The Morgan fingerprint density at radius 1 is 1.33 bits per heavy atom. The van der Waals surface area contributed by atoms with E-state index in [0.29, 0.717) is 0 Å². The van der Waals surface area contributed by atoms with E-state index >= 15 is 0 Å². The Bertz CT molecular complexity index is 314. The first-order valence-electron chi connectivity index (χ1n) is 5.04. The fraction of sp³-hybridized carbons (Fsp3) is 0.900. The van der Waals surface area contributed by atoms with E-state index in [0.717, 1.165) is 0 Å². The lowest BCUT2D eigenvalue weighted by Gasteiger charge is -2.23. The third-order valence-corrected chi connectivity index (χ3v) is 4.92. The van der Waals surface area contributed by atoms with Crippen LogP contribution in [-0.2, 0) is 19.4 Å². The Labute approximate surface area is 91.9 Å². The van der Waals surface area contributed by atoms with Crippen LogP contribution < -0.4 is 0 Å². The monoisotopic (exact) mass is 236 g/mol. The summed E-state index contributed by atoms with van der Waals surface area (Å²) in [7, 11) is -3.46. The molecule has 0 rings (SSSR count). The third kappa shape index (κ3) is 3.48. The van der Waals surface area contributed by atoms with Crippen LogP contribution in [0.25, 0.3) is 0 Å². The molecule has 5 heteroatoms. The van der Waals surface area contributed by atoms with Gasteiger partial charge >= 0.3 is 5.97 Å². The lowest BCUT2D eigenvalue weighted by Crippen LogP contribution is -2.44. The van der Waals surface area contributed by atoms with Gasteiger partial charge in [-0.2, -0.15) is 0 Å². The maximum Gasteiger partial charge on any atom is 0.326 e. The van der Waals surface area contributed by atoms with Crippen LogP contribution in [0.1, 0.15) is 34.6 Å². The van der Waals surface area contributed by atoms with Crippen molar-refractivity contribution in [3.05, 3.63) is 0 Å².